The van der Waals surface area contributed by atoms with Gasteiger partial charge in [0.2, 0.25) is 0 Å². The van der Waals surface area contributed by atoms with Crippen LogP contribution in [-0.4, -0.2) is 19.5 Å². The summed E-state index contributed by atoms with van der Waals surface area (Å²) in [6, 6.07) is 39.2. The fraction of sp³-hybridized carbons (Fsp3) is 0. The number of fused-ring (bicyclic) bond motifs is 3. The highest BCUT2D eigenvalue weighted by atomic mass is 15.0. The largest absolute Gasteiger partial charge is 0.309 e. The molecule has 2 heterocycles. The van der Waals surface area contributed by atoms with Crippen LogP contribution in [0.15, 0.2) is 182 Å². The summed E-state index contributed by atoms with van der Waals surface area (Å²) in [6.07, 6.45) is 0. The molecule has 4 heteroatoms. The molecule has 7 aromatic carbocycles. The van der Waals surface area contributed by atoms with E-state index in [1.165, 1.54) is 4.57 Å². The average Bonchev–Trinajstić information content (AvgIpc) is 3.63. The van der Waals surface area contributed by atoms with Gasteiger partial charge in [0.25, 0.3) is 0 Å². The molecule has 49 heavy (non-hydrogen) atoms. The molecule has 0 unspecified atom stereocenters. The highest BCUT2D eigenvalue weighted by Gasteiger charge is 2.17. The molecule has 0 saturated heterocycles. The van der Waals surface area contributed by atoms with E-state index < -0.39 is 36.3 Å². The Labute approximate surface area is 295 Å². The molecule has 0 aliphatic rings. The van der Waals surface area contributed by atoms with E-state index in [1.54, 1.807) is 6.07 Å². The zero-order chi connectivity index (χ0) is 39.5. The lowest BCUT2D eigenvalue weighted by Gasteiger charge is -2.14. The monoisotopic (exact) mass is 634 g/mol. The molecule has 9 aromatic rings. The minimum atomic E-state index is -0.500. The third-order valence-electron chi connectivity index (χ3n) is 8.47. The fourth-order valence-electron chi connectivity index (χ4n) is 6.16. The zero-order valence-corrected chi connectivity index (χ0v) is 26.0. The smallest absolute Gasteiger partial charge is 0.164 e. The highest BCUT2D eigenvalue weighted by molar-refractivity contribution is 6.09. The Bertz CT molecular complexity index is 2970. The normalized spacial score (nSPS) is 13.6. The summed E-state index contributed by atoms with van der Waals surface area (Å²) in [6.45, 7) is 0. The maximum Gasteiger partial charge on any atom is 0.164 e. The van der Waals surface area contributed by atoms with Gasteiger partial charge in [-0.05, 0) is 58.6 Å². The van der Waals surface area contributed by atoms with Crippen LogP contribution in [0.3, 0.4) is 0 Å². The Kier molecular flexibility index (Phi) is 5.29. The lowest BCUT2D eigenvalue weighted by atomic mass is 10.0. The standard InChI is InChI=1S/C45H30N4/c1-4-15-31(16-5-1)34-21-14-22-35(27-34)44-46-43(33-19-8-3-9-20-33)47-45(48-44)37-28-36(32-17-6-2-7-18-32)29-38(30-37)49-41-25-12-10-23-39(41)40-24-11-13-26-42(40)49/h1-30H/i10D,11D,12D,13D,23D,24D,25D,26D. The van der Waals surface area contributed by atoms with Crippen LogP contribution in [0.25, 0.3) is 83.9 Å². The summed E-state index contributed by atoms with van der Waals surface area (Å²) in [5.41, 5.74) is 6.11. The van der Waals surface area contributed by atoms with E-state index in [9.17, 15) is 0 Å². The number of para-hydroxylation sites is 2. The minimum Gasteiger partial charge on any atom is -0.309 e. The van der Waals surface area contributed by atoms with Crippen LogP contribution in [0.5, 0.6) is 0 Å². The summed E-state index contributed by atoms with van der Waals surface area (Å²) in [5.74, 6) is 1.20. The highest BCUT2D eigenvalue weighted by Crippen LogP contribution is 2.36. The predicted molar refractivity (Wildman–Crippen MR) is 201 cm³/mol. The van der Waals surface area contributed by atoms with Gasteiger partial charge in [0, 0.05) is 33.2 Å². The van der Waals surface area contributed by atoms with Gasteiger partial charge in [0.05, 0.1) is 22.0 Å². The first-order valence-electron chi connectivity index (χ1n) is 19.8. The van der Waals surface area contributed by atoms with Crippen molar-refractivity contribution in [1.82, 2.24) is 19.5 Å². The second-order valence-electron chi connectivity index (χ2n) is 11.5. The second kappa shape index (κ2) is 12.2. The van der Waals surface area contributed by atoms with Crippen LogP contribution in [0, 0.1) is 0 Å². The molecule has 230 valence electrons. The first-order chi connectivity index (χ1) is 27.6. The number of nitrogens with zero attached hydrogens (tertiary/aromatic N) is 4. The van der Waals surface area contributed by atoms with Crippen LogP contribution in [0.2, 0.25) is 0 Å². The van der Waals surface area contributed by atoms with E-state index in [0.717, 1.165) is 27.8 Å². The van der Waals surface area contributed by atoms with Crippen LogP contribution in [0.1, 0.15) is 11.0 Å². The first-order valence-corrected chi connectivity index (χ1v) is 15.8. The van der Waals surface area contributed by atoms with Crippen molar-refractivity contribution in [2.45, 2.75) is 0 Å². The maximum absolute atomic E-state index is 9.10. The van der Waals surface area contributed by atoms with Gasteiger partial charge in [0.15, 0.2) is 17.5 Å². The lowest BCUT2D eigenvalue weighted by Crippen LogP contribution is -2.02. The SMILES string of the molecule is [2H]c1c([2H])c([2H])c2c(c1[2H])c1c([2H])c([2H])c([2H])c([2H])c1n2-c1cc(-c2ccccc2)cc(-c2nc(-c3ccccc3)nc(-c3cccc(-c4ccccc4)c3)n2)c1. The van der Waals surface area contributed by atoms with Crippen LogP contribution in [0.4, 0.5) is 0 Å². The van der Waals surface area contributed by atoms with Crippen molar-refractivity contribution in [3.63, 3.8) is 0 Å². The third-order valence-corrected chi connectivity index (χ3v) is 8.47. The van der Waals surface area contributed by atoms with Crippen LogP contribution < -0.4 is 0 Å². The molecule has 0 aliphatic carbocycles. The summed E-state index contributed by atoms with van der Waals surface area (Å²) < 4.78 is 71.8. The third kappa shape index (κ3) is 5.35. The maximum atomic E-state index is 9.10. The van der Waals surface area contributed by atoms with Gasteiger partial charge in [-0.25, -0.2) is 15.0 Å². The van der Waals surface area contributed by atoms with E-state index in [0.29, 0.717) is 34.3 Å². The van der Waals surface area contributed by atoms with E-state index in [4.69, 9.17) is 25.9 Å². The Hall–Kier alpha value is -6.65. The Morgan fingerprint density at radius 3 is 1.41 bits per heavy atom. The molecule has 2 aromatic heterocycles. The molecule has 0 N–H and O–H groups in total. The van der Waals surface area contributed by atoms with Crippen molar-refractivity contribution in [2.75, 3.05) is 0 Å². The molecule has 0 fully saturated rings. The van der Waals surface area contributed by atoms with Crippen LogP contribution >= 0.6 is 0 Å². The van der Waals surface area contributed by atoms with E-state index in [-0.39, 0.29) is 33.9 Å². The van der Waals surface area contributed by atoms with Gasteiger partial charge in [-0.3, -0.25) is 0 Å². The zero-order valence-electron chi connectivity index (χ0n) is 34.0. The molecular weight excluding hydrogens is 597 g/mol. The predicted octanol–water partition coefficient (Wildman–Crippen LogP) is 11.3. The number of rotatable bonds is 6. The van der Waals surface area contributed by atoms with Gasteiger partial charge in [-0.15, -0.1) is 0 Å². The number of hydrogen-bond donors (Lipinski definition) is 0. The molecule has 4 nitrogen and oxygen atoms in total. The summed E-state index contributed by atoms with van der Waals surface area (Å²) >= 11 is 0. The summed E-state index contributed by atoms with van der Waals surface area (Å²) in [4.78, 5) is 15.0. The second-order valence-corrected chi connectivity index (χ2v) is 11.5. The average molecular weight is 635 g/mol. The van der Waals surface area contributed by atoms with Crippen LogP contribution in [-0.2, 0) is 0 Å². The molecule has 0 aliphatic heterocycles. The minimum absolute atomic E-state index is 0.00164. The molecular formula is C45H30N4. The first kappa shape index (κ1) is 21.3. The van der Waals surface area contributed by atoms with Crippen molar-refractivity contribution < 1.29 is 11.0 Å². The van der Waals surface area contributed by atoms with Gasteiger partial charge in [0.1, 0.15) is 0 Å². The van der Waals surface area contributed by atoms with Gasteiger partial charge in [-0.1, -0.05) is 145 Å². The van der Waals surface area contributed by atoms with Crippen molar-refractivity contribution in [3.05, 3.63) is 182 Å². The van der Waals surface area contributed by atoms with E-state index in [2.05, 4.69) is 0 Å². The Balaban J connectivity index is 1.37. The van der Waals surface area contributed by atoms with E-state index >= 15 is 0 Å². The Morgan fingerprint density at radius 2 is 0.796 bits per heavy atom. The van der Waals surface area contributed by atoms with Crippen molar-refractivity contribution in [2.24, 2.45) is 0 Å². The quantitative estimate of drug-likeness (QED) is 0.183. The Morgan fingerprint density at radius 1 is 0.367 bits per heavy atom. The molecule has 0 spiro atoms. The molecule has 0 radical (unpaired) electrons. The lowest BCUT2D eigenvalue weighted by molar-refractivity contribution is 1.07. The summed E-state index contributed by atoms with van der Waals surface area (Å²) in [5, 5.41) is 0.00328. The van der Waals surface area contributed by atoms with Crippen molar-refractivity contribution in [3.8, 4) is 62.1 Å². The topological polar surface area (TPSA) is 43.6 Å². The van der Waals surface area contributed by atoms with E-state index in [1.807, 2.05) is 127 Å². The summed E-state index contributed by atoms with van der Waals surface area (Å²) in [7, 11) is 0. The molecule has 0 saturated carbocycles. The fourth-order valence-corrected chi connectivity index (χ4v) is 6.16. The van der Waals surface area contributed by atoms with Gasteiger partial charge < -0.3 is 4.57 Å². The van der Waals surface area contributed by atoms with Crippen molar-refractivity contribution >= 4 is 21.8 Å². The number of aromatic nitrogens is 4. The van der Waals surface area contributed by atoms with Crippen molar-refractivity contribution in [1.29, 1.82) is 0 Å². The number of benzene rings is 7. The molecule has 0 atom stereocenters. The van der Waals surface area contributed by atoms with Gasteiger partial charge in [-0.2, -0.15) is 0 Å². The molecule has 0 amide bonds. The molecule has 9 rings (SSSR count). The van der Waals surface area contributed by atoms with Gasteiger partial charge >= 0.3 is 0 Å². The number of hydrogen-bond acceptors (Lipinski definition) is 3. The molecule has 0 bridgehead atoms.